The zero-order chi connectivity index (χ0) is 8.82. The Morgan fingerprint density at radius 1 is 1.42 bits per heavy atom. The summed E-state index contributed by atoms with van der Waals surface area (Å²) in [5.41, 5.74) is -0.883. The maximum atomic E-state index is 11.2. The molecule has 2 fully saturated rings. The molecule has 2 aliphatic rings. The number of rotatable bonds is 3. The van der Waals surface area contributed by atoms with E-state index in [0.29, 0.717) is 19.8 Å². The Morgan fingerprint density at radius 3 is 2.42 bits per heavy atom. The Bertz CT molecular complexity index is 215. The number of esters is 1. The predicted octanol–water partition coefficient (Wildman–Crippen LogP) is 0.107. The lowest BCUT2D eigenvalue weighted by molar-refractivity contribution is -0.150. The fourth-order valence-corrected chi connectivity index (χ4v) is 0.804. The Hall–Kier alpha value is -0.610. The van der Waals surface area contributed by atoms with Crippen molar-refractivity contribution in [2.45, 2.75) is 25.0 Å². The van der Waals surface area contributed by atoms with E-state index in [4.69, 9.17) is 14.2 Å². The predicted molar refractivity (Wildman–Crippen MR) is 39.7 cm³/mol. The van der Waals surface area contributed by atoms with Crippen LogP contribution in [-0.4, -0.2) is 37.0 Å². The molecule has 0 amide bonds. The van der Waals surface area contributed by atoms with Crippen molar-refractivity contribution in [3.8, 4) is 0 Å². The van der Waals surface area contributed by atoms with E-state index in [1.807, 2.05) is 6.92 Å². The van der Waals surface area contributed by atoms with Crippen molar-refractivity contribution in [1.29, 1.82) is 0 Å². The second kappa shape index (κ2) is 2.20. The van der Waals surface area contributed by atoms with E-state index in [-0.39, 0.29) is 11.6 Å². The first-order chi connectivity index (χ1) is 5.54. The first-order valence-electron chi connectivity index (χ1n) is 3.99. The molecule has 0 aromatic heterocycles. The van der Waals surface area contributed by atoms with E-state index in [2.05, 4.69) is 0 Å². The molecule has 4 heteroatoms. The highest BCUT2D eigenvalue weighted by Gasteiger charge is 2.50. The molecule has 0 bridgehead atoms. The third-order valence-corrected chi connectivity index (χ3v) is 2.15. The summed E-state index contributed by atoms with van der Waals surface area (Å²) in [7, 11) is 0. The van der Waals surface area contributed by atoms with Crippen LogP contribution in [0.25, 0.3) is 0 Å². The zero-order valence-electron chi connectivity index (χ0n) is 7.25. The highest BCUT2D eigenvalue weighted by molar-refractivity contribution is 5.81. The van der Waals surface area contributed by atoms with E-state index in [0.717, 1.165) is 0 Å². The van der Waals surface area contributed by atoms with Gasteiger partial charge in [-0.05, 0) is 13.8 Å². The molecule has 2 heterocycles. The van der Waals surface area contributed by atoms with Gasteiger partial charge in [-0.3, -0.25) is 0 Å². The van der Waals surface area contributed by atoms with Gasteiger partial charge >= 0.3 is 5.97 Å². The van der Waals surface area contributed by atoms with Crippen LogP contribution >= 0.6 is 0 Å². The van der Waals surface area contributed by atoms with E-state index >= 15 is 0 Å². The van der Waals surface area contributed by atoms with Gasteiger partial charge in [-0.15, -0.1) is 0 Å². The van der Waals surface area contributed by atoms with Gasteiger partial charge in [0.15, 0.2) is 5.60 Å². The zero-order valence-corrected chi connectivity index (χ0v) is 7.25. The molecule has 0 saturated carbocycles. The Kier molecular flexibility index (Phi) is 1.47. The molecule has 0 spiro atoms. The lowest BCUT2D eigenvalue weighted by Crippen LogP contribution is -2.27. The maximum Gasteiger partial charge on any atom is 0.340 e. The molecule has 2 saturated heterocycles. The van der Waals surface area contributed by atoms with E-state index in [9.17, 15) is 4.79 Å². The van der Waals surface area contributed by atoms with Crippen LogP contribution in [0.15, 0.2) is 0 Å². The second-order valence-corrected chi connectivity index (χ2v) is 3.83. The van der Waals surface area contributed by atoms with E-state index < -0.39 is 5.60 Å². The van der Waals surface area contributed by atoms with Crippen LogP contribution < -0.4 is 0 Å². The fourth-order valence-electron chi connectivity index (χ4n) is 0.804. The van der Waals surface area contributed by atoms with Gasteiger partial charge in [-0.25, -0.2) is 4.79 Å². The van der Waals surface area contributed by atoms with Crippen LogP contribution in [0.1, 0.15) is 13.8 Å². The monoisotopic (exact) mass is 172 g/mol. The Balaban J connectivity index is 1.76. The molecule has 12 heavy (non-hydrogen) atoms. The quantitative estimate of drug-likeness (QED) is 0.447. The molecule has 4 nitrogen and oxygen atoms in total. The van der Waals surface area contributed by atoms with Crippen molar-refractivity contribution >= 4 is 5.97 Å². The summed E-state index contributed by atoms with van der Waals surface area (Å²) in [6.07, 6.45) is 0. The fraction of sp³-hybridized carbons (Fsp3) is 0.875. The van der Waals surface area contributed by atoms with Crippen molar-refractivity contribution in [3.63, 3.8) is 0 Å². The lowest BCUT2D eigenvalue weighted by Gasteiger charge is -2.08. The lowest BCUT2D eigenvalue weighted by atomic mass is 10.2. The summed E-state index contributed by atoms with van der Waals surface area (Å²) in [5, 5.41) is 0. The van der Waals surface area contributed by atoms with Crippen molar-refractivity contribution in [1.82, 2.24) is 0 Å². The van der Waals surface area contributed by atoms with Gasteiger partial charge in [0.1, 0.15) is 12.2 Å². The van der Waals surface area contributed by atoms with Crippen LogP contribution in [0.4, 0.5) is 0 Å². The number of ether oxygens (including phenoxy) is 3. The van der Waals surface area contributed by atoms with Crippen molar-refractivity contribution in [2.24, 2.45) is 0 Å². The van der Waals surface area contributed by atoms with Gasteiger partial charge in [0.05, 0.1) is 13.2 Å². The number of carbonyl (C=O) groups is 1. The first-order valence-corrected chi connectivity index (χ1v) is 3.99. The minimum absolute atomic E-state index is 0.221. The highest BCUT2D eigenvalue weighted by atomic mass is 16.7. The summed E-state index contributed by atoms with van der Waals surface area (Å²) in [4.78, 5) is 11.2. The van der Waals surface area contributed by atoms with Crippen molar-refractivity contribution in [3.05, 3.63) is 0 Å². The summed E-state index contributed by atoms with van der Waals surface area (Å²) >= 11 is 0. The average molecular weight is 172 g/mol. The van der Waals surface area contributed by atoms with Gasteiger partial charge in [0.2, 0.25) is 0 Å². The van der Waals surface area contributed by atoms with E-state index in [1.54, 1.807) is 6.92 Å². The van der Waals surface area contributed by atoms with Gasteiger partial charge in [0, 0.05) is 0 Å². The van der Waals surface area contributed by atoms with Crippen molar-refractivity contribution in [2.75, 3.05) is 19.8 Å². The number of epoxide rings is 2. The molecular formula is C8H12O4. The van der Waals surface area contributed by atoms with Gasteiger partial charge in [-0.1, -0.05) is 0 Å². The largest absolute Gasteiger partial charge is 0.460 e. The summed E-state index contributed by atoms with van der Waals surface area (Å²) in [6, 6.07) is 0. The van der Waals surface area contributed by atoms with Crippen molar-refractivity contribution < 1.29 is 19.0 Å². The highest BCUT2D eigenvalue weighted by Crippen LogP contribution is 2.30. The van der Waals surface area contributed by atoms with Crippen LogP contribution in [0, 0.1) is 0 Å². The Labute approximate surface area is 70.8 Å². The molecule has 2 aliphatic heterocycles. The van der Waals surface area contributed by atoms with Gasteiger partial charge < -0.3 is 14.2 Å². The Morgan fingerprint density at radius 2 is 2.00 bits per heavy atom. The standard InChI is InChI=1S/C8H12O4/c1-7(4-11-7)3-10-6(9)8(2)5-12-8/h3-5H2,1-2H3/t7-,8-/m1/s1. The normalized spacial score (nSPS) is 43.8. The smallest absolute Gasteiger partial charge is 0.340 e. The first kappa shape index (κ1) is 8.01. The third kappa shape index (κ3) is 1.44. The molecule has 2 rings (SSSR count). The number of hydrogen-bond donors (Lipinski definition) is 0. The second-order valence-electron chi connectivity index (χ2n) is 3.83. The summed E-state index contributed by atoms with van der Waals surface area (Å²) < 4.78 is 15.0. The van der Waals surface area contributed by atoms with Gasteiger partial charge in [0.25, 0.3) is 0 Å². The summed E-state index contributed by atoms with van der Waals surface area (Å²) in [5.74, 6) is -0.278. The molecule has 0 unspecified atom stereocenters. The van der Waals surface area contributed by atoms with Crippen LogP contribution in [0.5, 0.6) is 0 Å². The number of hydrogen-bond acceptors (Lipinski definition) is 4. The SMILES string of the molecule is C[C@@]1(COC(=O)[C@@]2(C)CO2)CO1. The molecule has 68 valence electrons. The van der Waals surface area contributed by atoms with Crippen LogP contribution in [0.2, 0.25) is 0 Å². The third-order valence-electron chi connectivity index (χ3n) is 2.15. The molecule has 0 aromatic rings. The molecule has 0 aliphatic carbocycles. The minimum Gasteiger partial charge on any atom is -0.460 e. The average Bonchev–Trinajstić information content (AvgIpc) is 2.89. The molecule has 0 radical (unpaired) electrons. The topological polar surface area (TPSA) is 51.4 Å². The van der Waals surface area contributed by atoms with Gasteiger partial charge in [-0.2, -0.15) is 0 Å². The molecule has 0 N–H and O–H groups in total. The molecular weight excluding hydrogens is 160 g/mol. The summed E-state index contributed by atoms with van der Waals surface area (Å²) in [6.45, 7) is 5.13. The van der Waals surface area contributed by atoms with E-state index in [1.165, 1.54) is 0 Å². The maximum absolute atomic E-state index is 11.2. The molecule has 2 atom stereocenters. The van der Waals surface area contributed by atoms with Crippen LogP contribution in [0.3, 0.4) is 0 Å². The number of carbonyl (C=O) groups excluding carboxylic acids is 1. The molecule has 0 aromatic carbocycles. The van der Waals surface area contributed by atoms with Crippen LogP contribution in [-0.2, 0) is 19.0 Å². The minimum atomic E-state index is -0.661.